The Balaban J connectivity index is 1.42. The number of benzene rings is 2. The van der Waals surface area contributed by atoms with Gasteiger partial charge in [-0.2, -0.15) is 0 Å². The number of hydrogen-bond acceptors (Lipinski definition) is 4. The number of amides is 1. The van der Waals surface area contributed by atoms with Crippen LogP contribution in [-0.2, 0) is 17.9 Å². The van der Waals surface area contributed by atoms with E-state index in [-0.39, 0.29) is 18.0 Å². The van der Waals surface area contributed by atoms with Crippen molar-refractivity contribution in [1.29, 1.82) is 0 Å². The fraction of sp³-hybridized carbons (Fsp3) is 0.304. The highest BCUT2D eigenvalue weighted by atomic mass is 19.2. The minimum atomic E-state index is -1.51. The highest BCUT2D eigenvalue weighted by Crippen LogP contribution is 2.32. The van der Waals surface area contributed by atoms with Crippen LogP contribution in [-0.4, -0.2) is 52.7 Å². The molecule has 0 aliphatic carbocycles. The highest BCUT2D eigenvalue weighted by Gasteiger charge is 2.41. The van der Waals surface area contributed by atoms with Gasteiger partial charge in [0.15, 0.2) is 17.5 Å². The monoisotopic (exact) mass is 426 g/mol. The molecule has 160 valence electrons. The molecule has 3 heterocycles. The normalized spacial score (nSPS) is 18.9. The first-order chi connectivity index (χ1) is 15.0. The van der Waals surface area contributed by atoms with Crippen LogP contribution in [0.5, 0.6) is 0 Å². The first-order valence-electron chi connectivity index (χ1n) is 10.3. The second kappa shape index (κ2) is 7.85. The lowest BCUT2D eigenvalue weighted by molar-refractivity contribution is -0.125. The van der Waals surface area contributed by atoms with Crippen LogP contribution >= 0.6 is 0 Å². The topological polar surface area (TPSA) is 39.2 Å². The molecule has 0 bridgehead atoms. The van der Waals surface area contributed by atoms with Crippen LogP contribution in [0.1, 0.15) is 17.5 Å². The number of carbonyl (C=O) groups is 1. The number of halogens is 3. The maximum Gasteiger partial charge on any atom is 0.259 e. The molecule has 0 atom stereocenters. The minimum Gasteiger partial charge on any atom is -0.314 e. The second-order valence-corrected chi connectivity index (χ2v) is 7.97. The van der Waals surface area contributed by atoms with E-state index in [0.717, 1.165) is 37.3 Å². The maximum atomic E-state index is 13.7. The van der Waals surface area contributed by atoms with E-state index in [1.54, 1.807) is 0 Å². The predicted octanol–water partition coefficient (Wildman–Crippen LogP) is 3.28. The molecule has 0 spiro atoms. The number of nitrogens with zero attached hydrogens (tertiary/aromatic N) is 4. The number of aliphatic imine (C=N–C) groups is 1. The Morgan fingerprint density at radius 2 is 1.68 bits per heavy atom. The van der Waals surface area contributed by atoms with Crippen molar-refractivity contribution in [2.75, 3.05) is 26.2 Å². The zero-order chi connectivity index (χ0) is 21.5. The smallest absolute Gasteiger partial charge is 0.259 e. The van der Waals surface area contributed by atoms with Gasteiger partial charge < -0.3 is 4.90 Å². The Labute approximate surface area is 178 Å². The van der Waals surface area contributed by atoms with Gasteiger partial charge in [0, 0.05) is 38.3 Å². The molecule has 3 aliphatic rings. The van der Waals surface area contributed by atoms with Crippen LogP contribution < -0.4 is 0 Å². The zero-order valence-electron chi connectivity index (χ0n) is 16.8. The molecule has 0 saturated heterocycles. The van der Waals surface area contributed by atoms with Gasteiger partial charge in [-0.25, -0.2) is 13.2 Å². The van der Waals surface area contributed by atoms with Crippen LogP contribution in [0.4, 0.5) is 13.2 Å². The molecule has 8 heteroatoms. The largest absolute Gasteiger partial charge is 0.314 e. The number of guanidine groups is 1. The lowest BCUT2D eigenvalue weighted by atomic mass is 10.00. The van der Waals surface area contributed by atoms with Gasteiger partial charge in [-0.05, 0) is 23.3 Å². The summed E-state index contributed by atoms with van der Waals surface area (Å²) < 4.78 is 40.8. The molecular formula is C23H21F3N4O. The van der Waals surface area contributed by atoms with Crippen LogP contribution in [0.3, 0.4) is 0 Å². The molecule has 0 saturated carbocycles. The van der Waals surface area contributed by atoms with E-state index in [2.05, 4.69) is 22.0 Å². The zero-order valence-corrected chi connectivity index (χ0v) is 16.8. The van der Waals surface area contributed by atoms with Gasteiger partial charge in [0.25, 0.3) is 5.91 Å². The lowest BCUT2D eigenvalue weighted by Gasteiger charge is -2.42. The fourth-order valence-electron chi connectivity index (χ4n) is 4.47. The predicted molar refractivity (Wildman–Crippen MR) is 109 cm³/mol. The van der Waals surface area contributed by atoms with Gasteiger partial charge in [-0.1, -0.05) is 30.3 Å². The quantitative estimate of drug-likeness (QED) is 0.705. The van der Waals surface area contributed by atoms with E-state index >= 15 is 0 Å². The van der Waals surface area contributed by atoms with Crippen molar-refractivity contribution in [2.45, 2.75) is 19.5 Å². The van der Waals surface area contributed by atoms with Crippen LogP contribution in [0.25, 0.3) is 0 Å². The van der Waals surface area contributed by atoms with Gasteiger partial charge in [-0.15, -0.1) is 0 Å². The summed E-state index contributed by atoms with van der Waals surface area (Å²) in [6.45, 7) is 3.21. The van der Waals surface area contributed by atoms with Crippen LogP contribution in [0.2, 0.25) is 0 Å². The molecule has 0 fully saturated rings. The van der Waals surface area contributed by atoms with E-state index < -0.39 is 17.5 Å². The first kappa shape index (κ1) is 19.8. The van der Waals surface area contributed by atoms with Gasteiger partial charge >= 0.3 is 0 Å². The van der Waals surface area contributed by atoms with E-state index in [1.165, 1.54) is 10.5 Å². The Bertz CT molecular complexity index is 1080. The lowest BCUT2D eigenvalue weighted by Crippen LogP contribution is -2.53. The first-order valence-corrected chi connectivity index (χ1v) is 10.3. The Morgan fingerprint density at radius 1 is 0.935 bits per heavy atom. The van der Waals surface area contributed by atoms with Crippen molar-refractivity contribution in [3.05, 3.63) is 82.3 Å². The Hall–Kier alpha value is -3.13. The summed E-state index contributed by atoms with van der Waals surface area (Å²) >= 11 is 0. The van der Waals surface area contributed by atoms with Crippen molar-refractivity contribution < 1.29 is 18.0 Å². The molecule has 0 N–H and O–H groups in total. The summed E-state index contributed by atoms with van der Waals surface area (Å²) in [5.41, 5.74) is 3.03. The molecule has 2 aromatic rings. The molecular weight excluding hydrogens is 405 g/mol. The molecule has 5 rings (SSSR count). The second-order valence-electron chi connectivity index (χ2n) is 7.97. The van der Waals surface area contributed by atoms with Gasteiger partial charge in [0.1, 0.15) is 0 Å². The van der Waals surface area contributed by atoms with Gasteiger partial charge in [0.2, 0.25) is 5.96 Å². The molecule has 0 unspecified atom stereocenters. The van der Waals surface area contributed by atoms with Gasteiger partial charge in [0.05, 0.1) is 18.7 Å². The maximum absolute atomic E-state index is 13.7. The molecule has 0 radical (unpaired) electrons. The highest BCUT2D eigenvalue weighted by molar-refractivity contribution is 6.09. The van der Waals surface area contributed by atoms with E-state index in [9.17, 15) is 18.0 Å². The summed E-state index contributed by atoms with van der Waals surface area (Å²) in [5, 5.41) is 0. The average molecular weight is 426 g/mol. The van der Waals surface area contributed by atoms with E-state index in [4.69, 9.17) is 0 Å². The van der Waals surface area contributed by atoms with Crippen LogP contribution in [0, 0.1) is 17.5 Å². The van der Waals surface area contributed by atoms with Crippen molar-refractivity contribution in [3.8, 4) is 0 Å². The summed E-state index contributed by atoms with van der Waals surface area (Å²) in [7, 11) is 0. The van der Waals surface area contributed by atoms with Crippen LogP contribution in [0.15, 0.2) is 58.7 Å². The summed E-state index contributed by atoms with van der Waals surface area (Å²) in [4.78, 5) is 23.6. The SMILES string of the molecule is O=C1C2=C(CCN(Cc3ccccc3)C2)N2CCN=C2N1Cc1cc(F)c(F)c(F)c1. The summed E-state index contributed by atoms with van der Waals surface area (Å²) in [5.74, 6) is -3.75. The van der Waals surface area contributed by atoms with Gasteiger partial charge in [-0.3, -0.25) is 19.6 Å². The molecule has 3 aliphatic heterocycles. The number of hydrogen-bond donors (Lipinski definition) is 0. The number of rotatable bonds is 4. The molecule has 5 nitrogen and oxygen atoms in total. The Morgan fingerprint density at radius 3 is 2.42 bits per heavy atom. The minimum absolute atomic E-state index is 0.0717. The summed E-state index contributed by atoms with van der Waals surface area (Å²) in [6, 6.07) is 11.9. The third-order valence-corrected chi connectivity index (χ3v) is 5.92. The Kier molecular flexibility index (Phi) is 5.02. The molecule has 1 amide bonds. The summed E-state index contributed by atoms with van der Waals surface area (Å²) in [6.07, 6.45) is 0.737. The van der Waals surface area contributed by atoms with Crippen molar-refractivity contribution in [2.24, 2.45) is 4.99 Å². The number of carbonyl (C=O) groups excluding carboxylic acids is 1. The van der Waals surface area contributed by atoms with E-state index in [0.29, 0.717) is 31.2 Å². The van der Waals surface area contributed by atoms with Crippen molar-refractivity contribution in [3.63, 3.8) is 0 Å². The van der Waals surface area contributed by atoms with E-state index in [1.807, 2.05) is 23.1 Å². The molecule has 2 aromatic carbocycles. The van der Waals surface area contributed by atoms with Crippen molar-refractivity contribution >= 4 is 11.9 Å². The molecule has 31 heavy (non-hydrogen) atoms. The third kappa shape index (κ3) is 3.61. The average Bonchev–Trinajstić information content (AvgIpc) is 3.25. The fourth-order valence-corrected chi connectivity index (χ4v) is 4.47. The standard InChI is InChI=1S/C23H21F3N4O/c24-18-10-16(11-19(25)21(18)26)13-30-22(31)17-14-28(12-15-4-2-1-3-5-15)8-6-20(17)29-9-7-27-23(29)30/h1-5,10-11H,6-9,12-14H2. The number of fused-ring (bicyclic) bond motifs is 2. The molecule has 0 aromatic heterocycles. The van der Waals surface area contributed by atoms with Crippen molar-refractivity contribution in [1.82, 2.24) is 14.7 Å². The third-order valence-electron chi connectivity index (χ3n) is 5.92.